The Morgan fingerprint density at radius 2 is 1.64 bits per heavy atom. The van der Waals surface area contributed by atoms with Gasteiger partial charge in [0.05, 0.1) is 26.0 Å². The third-order valence-corrected chi connectivity index (χ3v) is 4.61. The van der Waals surface area contributed by atoms with Crippen LogP contribution in [0.15, 0.2) is 52.2 Å². The van der Waals surface area contributed by atoms with Crippen molar-refractivity contribution in [3.05, 3.63) is 48.2 Å². The highest BCUT2D eigenvalue weighted by Gasteiger charge is 2.27. The lowest BCUT2D eigenvalue weighted by atomic mass is 10.1. The number of carbonyl (C=O) groups excluding carboxylic acids is 1. The topological polar surface area (TPSA) is 105 Å². The van der Waals surface area contributed by atoms with E-state index in [0.29, 0.717) is 5.56 Å². The first-order valence-corrected chi connectivity index (χ1v) is 10.7. The number of rotatable bonds is 11. The summed E-state index contributed by atoms with van der Waals surface area (Å²) >= 11 is 0. The lowest BCUT2D eigenvalue weighted by molar-refractivity contribution is 0.0512. The average Bonchev–Trinajstić information content (AvgIpc) is 3.26. The normalized spacial score (nSPS) is 10.4. The molecule has 0 amide bonds. The largest absolute Gasteiger partial charge is 0.481 e. The molecule has 0 saturated heterocycles. The summed E-state index contributed by atoms with van der Waals surface area (Å²) in [5.74, 6) is 0.129. The highest BCUT2D eigenvalue weighted by atomic mass is 16.7. The third kappa shape index (κ3) is 6.09. The van der Waals surface area contributed by atoms with Gasteiger partial charge in [0.15, 0.2) is 17.1 Å². The number of carbonyl (C=O) groups is 1. The fourth-order valence-corrected chi connectivity index (χ4v) is 3.09. The summed E-state index contributed by atoms with van der Waals surface area (Å²) < 4.78 is 21.8. The third-order valence-electron chi connectivity index (χ3n) is 4.61. The smallest absolute Gasteiger partial charge is 0.373 e. The van der Waals surface area contributed by atoms with Gasteiger partial charge in [-0.1, -0.05) is 62.2 Å². The van der Waals surface area contributed by atoms with Crippen LogP contribution in [0.5, 0.6) is 23.5 Å². The molecule has 3 rings (SSSR count). The van der Waals surface area contributed by atoms with Crippen LogP contribution in [0.2, 0.25) is 0 Å². The standard InChI is InChI=1S/C24H27N3O6/c1-5-10-17(11-6-2)27-33-23(28)21-18(15-31-22(21)16-12-8-7-9-13-16)32-24-25-19(29-3)14-20(26-24)30-4/h7-9,12-15H,5-6,10-11H2,1-4H3. The molecule has 33 heavy (non-hydrogen) atoms. The van der Waals surface area contributed by atoms with E-state index in [0.717, 1.165) is 31.4 Å². The van der Waals surface area contributed by atoms with Crippen LogP contribution in [0.1, 0.15) is 49.9 Å². The summed E-state index contributed by atoms with van der Waals surface area (Å²) in [6.07, 6.45) is 4.61. The number of benzene rings is 1. The molecule has 174 valence electrons. The molecule has 0 aliphatic carbocycles. The number of furan rings is 1. The maximum atomic E-state index is 13.1. The first-order chi connectivity index (χ1) is 16.1. The molecule has 9 heteroatoms. The van der Waals surface area contributed by atoms with Crippen molar-refractivity contribution >= 4 is 11.7 Å². The summed E-state index contributed by atoms with van der Waals surface area (Å²) in [7, 11) is 2.92. The molecule has 2 heterocycles. The fraction of sp³-hybridized carbons (Fsp3) is 0.333. The van der Waals surface area contributed by atoms with Crippen LogP contribution >= 0.6 is 0 Å². The first-order valence-electron chi connectivity index (χ1n) is 10.7. The number of aromatic nitrogens is 2. The van der Waals surface area contributed by atoms with Gasteiger partial charge in [0.2, 0.25) is 11.8 Å². The Kier molecular flexibility index (Phi) is 8.40. The Morgan fingerprint density at radius 1 is 1.00 bits per heavy atom. The molecule has 3 aromatic rings. The summed E-state index contributed by atoms with van der Waals surface area (Å²) in [5.41, 5.74) is 1.57. The second kappa shape index (κ2) is 11.7. The molecular formula is C24H27N3O6. The monoisotopic (exact) mass is 453 g/mol. The molecular weight excluding hydrogens is 426 g/mol. The van der Waals surface area contributed by atoms with Crippen LogP contribution in [-0.4, -0.2) is 35.9 Å². The minimum atomic E-state index is -0.711. The SMILES string of the molecule is CCCC(CCC)=NOC(=O)c1c(Oc2nc(OC)cc(OC)n2)coc1-c1ccccc1. The molecule has 1 aromatic carbocycles. The maximum absolute atomic E-state index is 13.1. The second-order valence-corrected chi connectivity index (χ2v) is 7.04. The molecule has 0 aliphatic heterocycles. The van der Waals surface area contributed by atoms with Gasteiger partial charge in [-0.2, -0.15) is 9.97 Å². The summed E-state index contributed by atoms with van der Waals surface area (Å²) in [5, 5.41) is 4.10. The van der Waals surface area contributed by atoms with Crippen molar-refractivity contribution in [2.24, 2.45) is 5.16 Å². The summed E-state index contributed by atoms with van der Waals surface area (Å²) in [6.45, 7) is 4.09. The van der Waals surface area contributed by atoms with E-state index in [4.69, 9.17) is 23.5 Å². The molecule has 0 bridgehead atoms. The molecule has 0 spiro atoms. The highest BCUT2D eigenvalue weighted by Crippen LogP contribution is 2.36. The van der Waals surface area contributed by atoms with E-state index in [1.54, 1.807) is 0 Å². The van der Waals surface area contributed by atoms with Gasteiger partial charge in [0, 0.05) is 5.56 Å². The zero-order chi connectivity index (χ0) is 23.6. The van der Waals surface area contributed by atoms with Gasteiger partial charge in [0.1, 0.15) is 6.26 Å². The minimum absolute atomic E-state index is 0.0719. The van der Waals surface area contributed by atoms with Crippen molar-refractivity contribution in [1.82, 2.24) is 9.97 Å². The van der Waals surface area contributed by atoms with Crippen molar-refractivity contribution in [1.29, 1.82) is 0 Å². The number of methoxy groups -OCH3 is 2. The van der Waals surface area contributed by atoms with Crippen LogP contribution in [0.25, 0.3) is 11.3 Å². The number of hydrogen-bond acceptors (Lipinski definition) is 9. The van der Waals surface area contributed by atoms with Gasteiger partial charge in [-0.3, -0.25) is 0 Å². The van der Waals surface area contributed by atoms with E-state index in [1.165, 1.54) is 26.5 Å². The molecule has 9 nitrogen and oxygen atoms in total. The van der Waals surface area contributed by atoms with E-state index >= 15 is 0 Å². The van der Waals surface area contributed by atoms with Crippen LogP contribution in [-0.2, 0) is 4.84 Å². The zero-order valence-electron chi connectivity index (χ0n) is 19.2. The van der Waals surface area contributed by atoms with Gasteiger partial charge >= 0.3 is 12.0 Å². The molecule has 0 aliphatic rings. The van der Waals surface area contributed by atoms with E-state index in [1.807, 2.05) is 44.2 Å². The van der Waals surface area contributed by atoms with Crippen molar-refractivity contribution in [3.63, 3.8) is 0 Å². The highest BCUT2D eigenvalue weighted by molar-refractivity contribution is 5.99. The Morgan fingerprint density at radius 3 is 2.21 bits per heavy atom. The molecule has 0 N–H and O–H groups in total. The molecule has 0 saturated carbocycles. The number of hydrogen-bond donors (Lipinski definition) is 0. The minimum Gasteiger partial charge on any atom is -0.481 e. The van der Waals surface area contributed by atoms with E-state index in [9.17, 15) is 4.79 Å². The number of oxime groups is 1. The molecule has 2 aromatic heterocycles. The number of nitrogens with zero attached hydrogens (tertiary/aromatic N) is 3. The van der Waals surface area contributed by atoms with Gasteiger partial charge in [0.25, 0.3) is 0 Å². The second-order valence-electron chi connectivity index (χ2n) is 7.04. The van der Waals surface area contributed by atoms with Crippen LogP contribution in [0.3, 0.4) is 0 Å². The quantitative estimate of drug-likeness (QED) is 0.208. The molecule has 0 fully saturated rings. The lowest BCUT2D eigenvalue weighted by Gasteiger charge is -2.08. The molecule has 0 radical (unpaired) electrons. The van der Waals surface area contributed by atoms with Gasteiger partial charge in [-0.15, -0.1) is 0 Å². The Bertz CT molecular complexity index is 1060. The van der Waals surface area contributed by atoms with E-state index in [-0.39, 0.29) is 34.8 Å². The lowest BCUT2D eigenvalue weighted by Crippen LogP contribution is -2.07. The van der Waals surface area contributed by atoms with Gasteiger partial charge in [-0.05, 0) is 12.8 Å². The zero-order valence-corrected chi connectivity index (χ0v) is 19.2. The predicted octanol–water partition coefficient (Wildman–Crippen LogP) is 5.66. The predicted molar refractivity (Wildman–Crippen MR) is 122 cm³/mol. The summed E-state index contributed by atoms with van der Waals surface area (Å²) in [4.78, 5) is 26.7. The Balaban J connectivity index is 1.99. The fourth-order valence-electron chi connectivity index (χ4n) is 3.09. The van der Waals surface area contributed by atoms with Gasteiger partial charge in [-0.25, -0.2) is 4.79 Å². The van der Waals surface area contributed by atoms with Crippen molar-refractivity contribution in [3.8, 4) is 34.8 Å². The summed E-state index contributed by atoms with van der Waals surface area (Å²) in [6, 6.07) is 10.6. The number of ether oxygens (including phenoxy) is 3. The molecule has 0 unspecified atom stereocenters. The van der Waals surface area contributed by atoms with Crippen molar-refractivity contribution < 1.29 is 28.3 Å². The van der Waals surface area contributed by atoms with Crippen LogP contribution in [0.4, 0.5) is 0 Å². The van der Waals surface area contributed by atoms with E-state index < -0.39 is 5.97 Å². The molecule has 0 atom stereocenters. The van der Waals surface area contributed by atoms with Crippen molar-refractivity contribution in [2.45, 2.75) is 39.5 Å². The maximum Gasteiger partial charge on any atom is 0.373 e. The van der Waals surface area contributed by atoms with Crippen LogP contribution in [0, 0.1) is 0 Å². The van der Waals surface area contributed by atoms with E-state index in [2.05, 4.69) is 15.1 Å². The Labute approximate surface area is 192 Å². The Hall–Kier alpha value is -3.88. The first kappa shape index (κ1) is 23.8. The van der Waals surface area contributed by atoms with Crippen LogP contribution < -0.4 is 14.2 Å². The van der Waals surface area contributed by atoms with Gasteiger partial charge < -0.3 is 23.5 Å². The van der Waals surface area contributed by atoms with Crippen molar-refractivity contribution in [2.75, 3.05) is 14.2 Å². The average molecular weight is 453 g/mol.